The lowest BCUT2D eigenvalue weighted by molar-refractivity contribution is 0.0914. The minimum Gasteiger partial charge on any atom is -0.361 e. The number of nitrogens with one attached hydrogen (secondary N) is 3. The van der Waals surface area contributed by atoms with E-state index in [0.29, 0.717) is 22.8 Å². The van der Waals surface area contributed by atoms with E-state index in [1.807, 2.05) is 61.5 Å². The van der Waals surface area contributed by atoms with Gasteiger partial charge < -0.3 is 15.2 Å². The van der Waals surface area contributed by atoms with Crippen LogP contribution in [0.25, 0.3) is 5.69 Å². The molecule has 1 atom stereocenters. The molecule has 214 valence electrons. The van der Waals surface area contributed by atoms with Crippen molar-refractivity contribution >= 4 is 23.3 Å². The molecule has 1 fully saturated rings. The maximum absolute atomic E-state index is 13.6. The highest BCUT2D eigenvalue weighted by molar-refractivity contribution is 6.02. The second kappa shape index (κ2) is 11.7. The van der Waals surface area contributed by atoms with Gasteiger partial charge in [-0.1, -0.05) is 55.8 Å². The molecule has 3 N–H and O–H groups in total. The van der Waals surface area contributed by atoms with Crippen molar-refractivity contribution in [3.8, 4) is 5.69 Å². The van der Waals surface area contributed by atoms with Crippen molar-refractivity contribution in [1.29, 1.82) is 0 Å². The number of aryl methyl sites for hydroxylation is 2. The average Bonchev–Trinajstić information content (AvgIpc) is 3.57. The highest BCUT2D eigenvalue weighted by atomic mass is 16.5. The summed E-state index contributed by atoms with van der Waals surface area (Å²) in [6.45, 7) is 11.8. The zero-order chi connectivity index (χ0) is 29.1. The Hall–Kier alpha value is -4.24. The van der Waals surface area contributed by atoms with Gasteiger partial charge in [-0.25, -0.2) is 9.48 Å². The zero-order valence-corrected chi connectivity index (χ0v) is 24.3. The number of rotatable bonds is 7. The minimum absolute atomic E-state index is 0.0214. The molecule has 2 amide bonds. The number of Topliss-reactive ketones (excluding diaryl/α,β-unsaturated/α-hetero) is 1. The Bertz CT molecular complexity index is 1510. The molecule has 0 radical (unpaired) electrons. The lowest BCUT2D eigenvalue weighted by atomic mass is 9.76. The van der Waals surface area contributed by atoms with E-state index >= 15 is 0 Å². The summed E-state index contributed by atoms with van der Waals surface area (Å²) >= 11 is 0. The van der Waals surface area contributed by atoms with Crippen LogP contribution in [0.5, 0.6) is 0 Å². The number of anilines is 2. The summed E-state index contributed by atoms with van der Waals surface area (Å²) in [5.41, 5.74) is 4.76. The number of aromatic nitrogens is 3. The van der Waals surface area contributed by atoms with Crippen LogP contribution in [-0.4, -0.2) is 39.8 Å². The van der Waals surface area contributed by atoms with Crippen molar-refractivity contribution in [2.24, 2.45) is 5.92 Å². The fourth-order valence-electron chi connectivity index (χ4n) is 5.29. The van der Waals surface area contributed by atoms with Crippen LogP contribution >= 0.6 is 0 Å². The summed E-state index contributed by atoms with van der Waals surface area (Å²) in [6, 6.07) is 17.1. The van der Waals surface area contributed by atoms with Gasteiger partial charge >= 0.3 is 6.03 Å². The van der Waals surface area contributed by atoms with Crippen LogP contribution < -0.4 is 16.0 Å². The van der Waals surface area contributed by atoms with E-state index in [-0.39, 0.29) is 29.1 Å². The second-order valence-corrected chi connectivity index (χ2v) is 11.8. The maximum Gasteiger partial charge on any atom is 0.324 e. The van der Waals surface area contributed by atoms with Crippen LogP contribution in [0.1, 0.15) is 72.5 Å². The molecular weight excluding hydrogens is 516 g/mol. The van der Waals surface area contributed by atoms with E-state index in [4.69, 9.17) is 9.62 Å². The van der Waals surface area contributed by atoms with Gasteiger partial charge in [0, 0.05) is 17.2 Å². The predicted octanol–water partition coefficient (Wildman–Crippen LogP) is 6.38. The molecule has 1 aliphatic heterocycles. The largest absolute Gasteiger partial charge is 0.361 e. The third-order valence-electron chi connectivity index (χ3n) is 7.68. The first-order valence-electron chi connectivity index (χ1n) is 14.1. The van der Waals surface area contributed by atoms with E-state index in [2.05, 4.69) is 41.9 Å². The molecule has 0 aliphatic carbocycles. The SMILES string of the molecule is Cc1ccc(-n2nc(C(C)(C)C)cc2NC(=O)Nc2ccc(C(C(=O)c3cnoc3C)C3CCNCC3)cc2)cc1. The summed E-state index contributed by atoms with van der Waals surface area (Å²) in [5.74, 6) is 1.03. The summed E-state index contributed by atoms with van der Waals surface area (Å²) in [4.78, 5) is 26.7. The topological polar surface area (TPSA) is 114 Å². The van der Waals surface area contributed by atoms with Gasteiger partial charge in [-0.2, -0.15) is 5.10 Å². The molecule has 1 aliphatic rings. The fraction of sp³-hybridized carbons (Fsp3) is 0.375. The van der Waals surface area contributed by atoms with Crippen molar-refractivity contribution in [2.75, 3.05) is 23.7 Å². The Labute approximate surface area is 240 Å². The van der Waals surface area contributed by atoms with Crippen LogP contribution in [0.4, 0.5) is 16.3 Å². The molecule has 3 heterocycles. The molecule has 4 aromatic rings. The van der Waals surface area contributed by atoms with E-state index in [1.54, 1.807) is 11.6 Å². The highest BCUT2D eigenvalue weighted by Gasteiger charge is 2.33. The van der Waals surface area contributed by atoms with E-state index in [1.165, 1.54) is 6.20 Å². The van der Waals surface area contributed by atoms with Crippen LogP contribution in [0.15, 0.2) is 65.3 Å². The third kappa shape index (κ3) is 6.41. The van der Waals surface area contributed by atoms with Gasteiger partial charge in [0.1, 0.15) is 11.6 Å². The first kappa shape index (κ1) is 28.3. The molecule has 0 saturated carbocycles. The Balaban J connectivity index is 1.35. The number of carbonyl (C=O) groups is 2. The van der Waals surface area contributed by atoms with Crippen LogP contribution in [-0.2, 0) is 5.41 Å². The van der Waals surface area contributed by atoms with Gasteiger partial charge in [-0.3, -0.25) is 10.1 Å². The fourth-order valence-corrected chi connectivity index (χ4v) is 5.29. The lowest BCUT2D eigenvalue weighted by Crippen LogP contribution is -2.33. The molecule has 1 unspecified atom stereocenters. The number of nitrogens with zero attached hydrogens (tertiary/aromatic N) is 3. The monoisotopic (exact) mass is 554 g/mol. The number of carbonyl (C=O) groups excluding carboxylic acids is 2. The molecule has 9 heteroatoms. The number of ketones is 1. The van der Waals surface area contributed by atoms with Gasteiger partial charge in [-0.15, -0.1) is 0 Å². The van der Waals surface area contributed by atoms with Gasteiger partial charge in [-0.05, 0) is 75.5 Å². The van der Waals surface area contributed by atoms with Crippen molar-refractivity contribution in [3.63, 3.8) is 0 Å². The number of hydrogen-bond donors (Lipinski definition) is 3. The molecule has 0 spiro atoms. The van der Waals surface area contributed by atoms with E-state index in [9.17, 15) is 9.59 Å². The molecule has 5 rings (SSSR count). The van der Waals surface area contributed by atoms with Gasteiger partial charge in [0.15, 0.2) is 5.78 Å². The Morgan fingerprint density at radius 1 is 1.00 bits per heavy atom. The third-order valence-corrected chi connectivity index (χ3v) is 7.68. The van der Waals surface area contributed by atoms with Crippen molar-refractivity contribution in [3.05, 3.63) is 88.9 Å². The Kier molecular flexibility index (Phi) is 8.08. The molecule has 9 nitrogen and oxygen atoms in total. The Morgan fingerprint density at radius 3 is 2.29 bits per heavy atom. The molecule has 1 saturated heterocycles. The van der Waals surface area contributed by atoms with Crippen LogP contribution in [0.3, 0.4) is 0 Å². The maximum atomic E-state index is 13.6. The molecule has 0 bridgehead atoms. The van der Waals surface area contributed by atoms with Gasteiger partial charge in [0.05, 0.1) is 29.1 Å². The van der Waals surface area contributed by atoms with Gasteiger partial charge in [0.25, 0.3) is 0 Å². The Morgan fingerprint density at radius 2 is 1.68 bits per heavy atom. The van der Waals surface area contributed by atoms with Crippen molar-refractivity contribution in [1.82, 2.24) is 20.3 Å². The molecule has 2 aromatic carbocycles. The average molecular weight is 555 g/mol. The number of piperidine rings is 1. The quantitative estimate of drug-likeness (QED) is 0.228. The predicted molar refractivity (Wildman–Crippen MR) is 160 cm³/mol. The molecule has 41 heavy (non-hydrogen) atoms. The summed E-state index contributed by atoms with van der Waals surface area (Å²) < 4.78 is 6.94. The van der Waals surface area contributed by atoms with E-state index < -0.39 is 0 Å². The van der Waals surface area contributed by atoms with Crippen LogP contribution in [0, 0.1) is 19.8 Å². The number of urea groups is 1. The lowest BCUT2D eigenvalue weighted by Gasteiger charge is -2.30. The van der Waals surface area contributed by atoms with Crippen molar-refractivity contribution in [2.45, 2.75) is 58.8 Å². The highest BCUT2D eigenvalue weighted by Crippen LogP contribution is 2.35. The number of benzene rings is 2. The summed E-state index contributed by atoms with van der Waals surface area (Å²) in [7, 11) is 0. The zero-order valence-electron chi connectivity index (χ0n) is 24.3. The number of amides is 2. The number of hydrogen-bond acceptors (Lipinski definition) is 6. The second-order valence-electron chi connectivity index (χ2n) is 11.8. The molecule has 2 aromatic heterocycles. The van der Waals surface area contributed by atoms with Gasteiger partial charge in [0.2, 0.25) is 0 Å². The minimum atomic E-state index is -0.377. The van der Waals surface area contributed by atoms with Crippen LogP contribution in [0.2, 0.25) is 0 Å². The normalized spacial score (nSPS) is 15.0. The molecular formula is C32H38N6O3. The first-order valence-corrected chi connectivity index (χ1v) is 14.1. The van der Waals surface area contributed by atoms with E-state index in [0.717, 1.165) is 48.4 Å². The summed E-state index contributed by atoms with van der Waals surface area (Å²) in [5, 5.41) is 17.9. The van der Waals surface area contributed by atoms with Crippen molar-refractivity contribution < 1.29 is 14.1 Å². The summed E-state index contributed by atoms with van der Waals surface area (Å²) in [6.07, 6.45) is 3.33. The first-order chi connectivity index (χ1) is 19.6. The standard InChI is InChI=1S/C32H38N6O3/c1-20-6-12-25(13-7-20)38-28(18-27(37-38)32(3,4)5)36-31(40)35-24-10-8-22(9-11-24)29(23-14-16-33-17-15-23)30(39)26-19-34-41-21(26)2/h6-13,18-19,23,29,33H,14-17H2,1-5H3,(H2,35,36,40). The smallest absolute Gasteiger partial charge is 0.324 e.